The first-order chi connectivity index (χ1) is 17.4. The summed E-state index contributed by atoms with van der Waals surface area (Å²) in [4.78, 5) is 15.5. The number of aryl methyl sites for hydroxylation is 2. The molecular weight excluding hydrogens is 446 g/mol. The van der Waals surface area contributed by atoms with Crippen molar-refractivity contribution in [2.24, 2.45) is 0 Å². The number of carbonyl (C=O) groups excluding carboxylic acids is 1. The van der Waals surface area contributed by atoms with Crippen molar-refractivity contribution >= 4 is 5.91 Å². The van der Waals surface area contributed by atoms with Crippen LogP contribution in [0.3, 0.4) is 0 Å². The van der Waals surface area contributed by atoms with Crippen LogP contribution >= 0.6 is 0 Å². The zero-order valence-corrected chi connectivity index (χ0v) is 21.2. The van der Waals surface area contributed by atoms with Crippen LogP contribution in [-0.4, -0.2) is 48.2 Å². The van der Waals surface area contributed by atoms with Gasteiger partial charge in [0.25, 0.3) is 0 Å². The van der Waals surface area contributed by atoms with Crippen molar-refractivity contribution in [2.75, 3.05) is 26.2 Å². The Labute approximate surface area is 214 Å². The minimum Gasteiger partial charge on any atom is -0.390 e. The monoisotopic (exact) mass is 481 g/mol. The fourth-order valence-electron chi connectivity index (χ4n) is 5.04. The summed E-state index contributed by atoms with van der Waals surface area (Å²) < 4.78 is 0. The molecule has 1 fully saturated rings. The summed E-state index contributed by atoms with van der Waals surface area (Å²) in [5.74, 6) is -0.552. The number of piperidine rings is 1. The molecule has 0 radical (unpaired) electrons. The molecule has 0 aromatic heterocycles. The van der Waals surface area contributed by atoms with E-state index >= 15 is 0 Å². The van der Waals surface area contributed by atoms with Gasteiger partial charge in [-0.2, -0.15) is 5.26 Å². The Morgan fingerprint density at radius 2 is 1.47 bits per heavy atom. The zero-order chi connectivity index (χ0) is 25.5. The molecule has 5 heteroatoms. The van der Waals surface area contributed by atoms with Gasteiger partial charge in [0.15, 0.2) is 0 Å². The predicted molar refractivity (Wildman–Crippen MR) is 143 cm³/mol. The Morgan fingerprint density at radius 1 is 0.944 bits per heavy atom. The fourth-order valence-corrected chi connectivity index (χ4v) is 5.04. The lowest BCUT2D eigenvalue weighted by Crippen LogP contribution is -2.47. The Hall–Kier alpha value is -3.46. The van der Waals surface area contributed by atoms with Crippen molar-refractivity contribution in [3.63, 3.8) is 0 Å². The molecule has 0 spiro atoms. The number of aliphatic hydroxyl groups excluding tert-OH is 1. The number of likely N-dealkylation sites (tertiary alicyclic amines) is 1. The molecule has 1 atom stereocenters. The van der Waals surface area contributed by atoms with Crippen molar-refractivity contribution in [1.29, 1.82) is 5.26 Å². The van der Waals surface area contributed by atoms with Crippen molar-refractivity contribution in [3.05, 3.63) is 107 Å². The van der Waals surface area contributed by atoms with Gasteiger partial charge in [-0.25, -0.2) is 0 Å². The van der Waals surface area contributed by atoms with E-state index in [1.165, 1.54) is 0 Å². The summed E-state index contributed by atoms with van der Waals surface area (Å²) >= 11 is 0. The van der Waals surface area contributed by atoms with Crippen LogP contribution in [0.1, 0.15) is 46.6 Å². The van der Waals surface area contributed by atoms with E-state index in [9.17, 15) is 15.2 Å². The van der Waals surface area contributed by atoms with Crippen LogP contribution < -0.4 is 5.32 Å². The molecule has 0 saturated carbocycles. The van der Waals surface area contributed by atoms with Crippen LogP contribution in [0.2, 0.25) is 0 Å². The molecule has 1 aliphatic rings. The highest BCUT2D eigenvalue weighted by Gasteiger charge is 2.36. The maximum atomic E-state index is 13.3. The van der Waals surface area contributed by atoms with Crippen LogP contribution in [0.4, 0.5) is 0 Å². The van der Waals surface area contributed by atoms with Gasteiger partial charge in [0.2, 0.25) is 5.91 Å². The third-order valence-corrected chi connectivity index (χ3v) is 7.31. The number of benzene rings is 3. The van der Waals surface area contributed by atoms with Gasteiger partial charge in [-0.05, 0) is 43.4 Å². The smallest absolute Gasteiger partial charge is 0.232 e. The number of amides is 1. The molecule has 4 rings (SSSR count). The maximum Gasteiger partial charge on any atom is 0.232 e. The number of carbonyl (C=O) groups is 1. The number of nitrogens with zero attached hydrogens (tertiary/aromatic N) is 2. The van der Waals surface area contributed by atoms with E-state index in [0.717, 1.165) is 53.7 Å². The first kappa shape index (κ1) is 25.6. The summed E-state index contributed by atoms with van der Waals surface area (Å²) in [6, 6.07) is 28.6. The standard InChI is InChI=1S/C31H35N3O2/c1-23-8-12-25(13-9-23)29(26-14-10-24(2)11-15-26)30(36)33-20-28(35)21-34-18-16-31(22-32,17-19-34)27-6-4-3-5-7-27/h3-15,28-29,35H,16-21H2,1-2H3,(H,33,36). The molecule has 5 nitrogen and oxygen atoms in total. The SMILES string of the molecule is Cc1ccc(C(C(=O)NCC(O)CN2CCC(C#N)(c3ccccc3)CC2)c2ccc(C)cc2)cc1. The lowest BCUT2D eigenvalue weighted by Gasteiger charge is -2.38. The molecule has 1 heterocycles. The van der Waals surface area contributed by atoms with Crippen LogP contribution in [0.5, 0.6) is 0 Å². The van der Waals surface area contributed by atoms with E-state index in [1.54, 1.807) is 0 Å². The molecule has 0 aliphatic carbocycles. The van der Waals surface area contributed by atoms with E-state index in [0.29, 0.717) is 6.54 Å². The lowest BCUT2D eigenvalue weighted by atomic mass is 9.74. The predicted octanol–water partition coefficient (Wildman–Crippen LogP) is 4.47. The van der Waals surface area contributed by atoms with Gasteiger partial charge in [-0.3, -0.25) is 4.79 Å². The molecule has 3 aromatic rings. The summed E-state index contributed by atoms with van der Waals surface area (Å²) in [5.41, 5.74) is 4.75. The van der Waals surface area contributed by atoms with E-state index in [2.05, 4.69) is 16.3 Å². The van der Waals surface area contributed by atoms with Gasteiger partial charge in [-0.15, -0.1) is 0 Å². The quantitative estimate of drug-likeness (QED) is 0.498. The summed E-state index contributed by atoms with van der Waals surface area (Å²) in [5, 5.41) is 23.6. The first-order valence-corrected chi connectivity index (χ1v) is 12.7. The second-order valence-electron chi connectivity index (χ2n) is 10.0. The molecule has 186 valence electrons. The minimum atomic E-state index is -0.683. The fraction of sp³-hybridized carbons (Fsp3) is 0.355. The maximum absolute atomic E-state index is 13.3. The molecule has 1 saturated heterocycles. The number of hydrogen-bond donors (Lipinski definition) is 2. The highest BCUT2D eigenvalue weighted by molar-refractivity contribution is 5.87. The van der Waals surface area contributed by atoms with Crippen molar-refractivity contribution in [1.82, 2.24) is 10.2 Å². The van der Waals surface area contributed by atoms with Crippen LogP contribution in [0.15, 0.2) is 78.9 Å². The van der Waals surface area contributed by atoms with E-state index < -0.39 is 17.4 Å². The Bertz CT molecular complexity index is 1130. The highest BCUT2D eigenvalue weighted by Crippen LogP contribution is 2.35. The van der Waals surface area contributed by atoms with E-state index in [4.69, 9.17) is 0 Å². The number of rotatable bonds is 8. The minimum absolute atomic E-state index is 0.118. The highest BCUT2D eigenvalue weighted by atomic mass is 16.3. The van der Waals surface area contributed by atoms with Crippen LogP contribution in [-0.2, 0) is 10.2 Å². The number of β-amino-alcohol motifs (C(OH)–C–C–N with tert-alkyl or cyclic N) is 1. The second-order valence-corrected chi connectivity index (χ2v) is 10.0. The molecule has 2 N–H and O–H groups in total. The van der Waals surface area contributed by atoms with E-state index in [1.807, 2.05) is 92.7 Å². The Kier molecular flexibility index (Phi) is 8.20. The van der Waals surface area contributed by atoms with Crippen molar-refractivity contribution in [3.8, 4) is 6.07 Å². The summed E-state index contributed by atoms with van der Waals surface area (Å²) in [6.45, 7) is 6.19. The number of nitrogens with one attached hydrogen (secondary N) is 1. The third-order valence-electron chi connectivity index (χ3n) is 7.31. The average Bonchev–Trinajstić information content (AvgIpc) is 2.91. The van der Waals surface area contributed by atoms with Gasteiger partial charge >= 0.3 is 0 Å². The van der Waals surface area contributed by atoms with Gasteiger partial charge in [0.05, 0.1) is 23.5 Å². The van der Waals surface area contributed by atoms with Gasteiger partial charge in [0.1, 0.15) is 0 Å². The van der Waals surface area contributed by atoms with E-state index in [-0.39, 0.29) is 12.5 Å². The Morgan fingerprint density at radius 3 is 1.97 bits per heavy atom. The molecule has 1 amide bonds. The van der Waals surface area contributed by atoms with Crippen molar-refractivity contribution in [2.45, 2.75) is 44.1 Å². The molecule has 36 heavy (non-hydrogen) atoms. The summed E-state index contributed by atoms with van der Waals surface area (Å²) in [7, 11) is 0. The number of nitriles is 1. The largest absolute Gasteiger partial charge is 0.390 e. The van der Waals surface area contributed by atoms with Crippen LogP contribution in [0, 0.1) is 25.2 Å². The molecule has 1 unspecified atom stereocenters. The zero-order valence-electron chi connectivity index (χ0n) is 21.2. The van der Waals surface area contributed by atoms with Crippen LogP contribution in [0.25, 0.3) is 0 Å². The normalized spacial score (nSPS) is 16.3. The number of hydrogen-bond acceptors (Lipinski definition) is 4. The van der Waals surface area contributed by atoms with Gasteiger partial charge < -0.3 is 15.3 Å². The average molecular weight is 482 g/mol. The molecule has 1 aliphatic heterocycles. The van der Waals surface area contributed by atoms with Crippen molar-refractivity contribution < 1.29 is 9.90 Å². The third kappa shape index (κ3) is 6.02. The molecule has 0 bridgehead atoms. The Balaban J connectivity index is 1.35. The summed E-state index contributed by atoms with van der Waals surface area (Å²) in [6.07, 6.45) is 0.780. The molecule has 3 aromatic carbocycles. The topological polar surface area (TPSA) is 76.4 Å². The molecular formula is C31H35N3O2. The van der Waals surface area contributed by atoms with Gasteiger partial charge in [-0.1, -0.05) is 90.0 Å². The lowest BCUT2D eigenvalue weighted by molar-refractivity contribution is -0.122. The second kappa shape index (κ2) is 11.5. The number of aliphatic hydroxyl groups is 1. The first-order valence-electron chi connectivity index (χ1n) is 12.7. The van der Waals surface area contributed by atoms with Gasteiger partial charge in [0, 0.05) is 26.2 Å².